The normalized spacial score (nSPS) is 11.8. The summed E-state index contributed by atoms with van der Waals surface area (Å²) in [5, 5.41) is 16.8. The third kappa shape index (κ3) is 9.82. The second kappa shape index (κ2) is 12.5. The summed E-state index contributed by atoms with van der Waals surface area (Å²) in [6.07, 6.45) is 8.14. The molecule has 3 aromatic rings. The Hall–Kier alpha value is -4.04. The van der Waals surface area contributed by atoms with E-state index in [2.05, 4.69) is 29.9 Å². The van der Waals surface area contributed by atoms with Gasteiger partial charge in [0.05, 0.1) is 24.0 Å². The average Bonchev–Trinajstić information content (AvgIpc) is 3.40. The van der Waals surface area contributed by atoms with E-state index >= 15 is 0 Å². The van der Waals surface area contributed by atoms with Crippen LogP contribution in [0, 0.1) is 6.92 Å². The van der Waals surface area contributed by atoms with Crippen molar-refractivity contribution in [3.05, 3.63) is 69.0 Å². The topological polar surface area (TPSA) is 250 Å². The Kier molecular flexibility index (Phi) is 10.1. The number of nitrogens with two attached hydrogens (primary N) is 2. The van der Waals surface area contributed by atoms with Crippen molar-refractivity contribution in [2.45, 2.75) is 31.8 Å². The van der Waals surface area contributed by atoms with E-state index < -0.39 is 29.7 Å². The number of aryl methyl sites for hydroxylation is 1. The molecular formula is C17H24N8O6. The minimum Gasteiger partial charge on any atom is -0.480 e. The van der Waals surface area contributed by atoms with Crippen LogP contribution in [-0.4, -0.2) is 64.1 Å². The molecule has 3 rings (SSSR count). The van der Waals surface area contributed by atoms with Crippen molar-refractivity contribution in [2.24, 2.45) is 11.5 Å². The van der Waals surface area contributed by atoms with E-state index in [9.17, 15) is 19.2 Å². The van der Waals surface area contributed by atoms with Gasteiger partial charge in [-0.2, -0.15) is 0 Å². The number of aliphatic carboxylic acids is 2. The van der Waals surface area contributed by atoms with E-state index in [1.807, 2.05) is 0 Å². The highest BCUT2D eigenvalue weighted by Crippen LogP contribution is 1.96. The molecule has 0 bridgehead atoms. The van der Waals surface area contributed by atoms with Gasteiger partial charge in [-0.1, -0.05) is 0 Å². The van der Waals surface area contributed by atoms with Crippen molar-refractivity contribution in [1.29, 1.82) is 0 Å². The molecule has 0 aliphatic heterocycles. The molecule has 14 nitrogen and oxygen atoms in total. The molecule has 168 valence electrons. The Labute approximate surface area is 174 Å². The van der Waals surface area contributed by atoms with Crippen LogP contribution in [0.1, 0.15) is 17.0 Å². The molecular weight excluding hydrogens is 412 g/mol. The molecule has 0 aliphatic carbocycles. The fourth-order valence-corrected chi connectivity index (χ4v) is 1.91. The van der Waals surface area contributed by atoms with Crippen LogP contribution in [0.2, 0.25) is 0 Å². The maximum Gasteiger partial charge on any atom is 0.325 e. The van der Waals surface area contributed by atoms with Gasteiger partial charge in [-0.3, -0.25) is 19.4 Å². The number of H-pyrrole nitrogens is 4. The van der Waals surface area contributed by atoms with Gasteiger partial charge in [0.2, 0.25) is 0 Å². The third-order valence-electron chi connectivity index (χ3n) is 3.61. The smallest absolute Gasteiger partial charge is 0.325 e. The monoisotopic (exact) mass is 436 g/mol. The van der Waals surface area contributed by atoms with Crippen molar-refractivity contribution in [1.82, 2.24) is 29.9 Å². The highest BCUT2D eigenvalue weighted by Gasteiger charge is 2.13. The number of hydrogen-bond donors (Lipinski definition) is 8. The Morgan fingerprint density at radius 3 is 1.68 bits per heavy atom. The molecule has 3 heterocycles. The zero-order chi connectivity index (χ0) is 23.4. The van der Waals surface area contributed by atoms with Gasteiger partial charge in [0.25, 0.3) is 5.56 Å². The molecule has 31 heavy (non-hydrogen) atoms. The first kappa shape index (κ1) is 25.0. The summed E-state index contributed by atoms with van der Waals surface area (Å²) in [6.45, 7) is 1.62. The fraction of sp³-hybridized carbons (Fsp3) is 0.294. The van der Waals surface area contributed by atoms with Crippen LogP contribution >= 0.6 is 0 Å². The lowest BCUT2D eigenvalue weighted by atomic mass is 10.2. The number of carboxylic acids is 2. The van der Waals surface area contributed by atoms with Gasteiger partial charge in [0, 0.05) is 37.0 Å². The van der Waals surface area contributed by atoms with Crippen LogP contribution in [0.4, 0.5) is 0 Å². The highest BCUT2D eigenvalue weighted by atomic mass is 16.4. The third-order valence-corrected chi connectivity index (χ3v) is 3.61. The second-order valence-electron chi connectivity index (χ2n) is 6.17. The Bertz CT molecular complexity index is 989. The van der Waals surface area contributed by atoms with E-state index in [0.29, 0.717) is 17.0 Å². The number of carbonyl (C=O) groups is 2. The van der Waals surface area contributed by atoms with Gasteiger partial charge in [-0.05, 0) is 6.92 Å². The predicted molar refractivity (Wildman–Crippen MR) is 108 cm³/mol. The maximum atomic E-state index is 10.6. The van der Waals surface area contributed by atoms with E-state index in [1.54, 1.807) is 19.3 Å². The van der Waals surface area contributed by atoms with E-state index in [0.717, 1.165) is 0 Å². The lowest BCUT2D eigenvalue weighted by molar-refractivity contribution is -0.139. The standard InChI is InChI=1S/2C6H9N3O2.C5H6N2O2/c2*7-5(6(10)11)1-4-2-8-3-9-4;1-3-2-6-5(9)7-4(3)8/h2*2-3,5H,1,7H2,(H,8,9)(H,10,11);2H,1H3,(H2,6,7,8,9)/t2*5-;/m00./s1. The van der Waals surface area contributed by atoms with E-state index in [-0.39, 0.29) is 18.4 Å². The molecule has 2 atom stereocenters. The van der Waals surface area contributed by atoms with Gasteiger partial charge in [-0.25, -0.2) is 14.8 Å². The van der Waals surface area contributed by atoms with Crippen LogP contribution in [0.3, 0.4) is 0 Å². The summed E-state index contributed by atoms with van der Waals surface area (Å²) in [7, 11) is 0. The number of hydrogen-bond acceptors (Lipinski definition) is 8. The van der Waals surface area contributed by atoms with Crippen molar-refractivity contribution in [3.63, 3.8) is 0 Å². The Morgan fingerprint density at radius 2 is 1.39 bits per heavy atom. The predicted octanol–water partition coefficient (Wildman–Crippen LogP) is -1.90. The zero-order valence-electron chi connectivity index (χ0n) is 16.5. The molecule has 0 unspecified atom stereocenters. The van der Waals surface area contributed by atoms with Crippen LogP contribution < -0.4 is 22.7 Å². The number of aromatic amines is 4. The molecule has 0 amide bonds. The Balaban J connectivity index is 0.000000234. The average molecular weight is 436 g/mol. The molecule has 0 saturated carbocycles. The van der Waals surface area contributed by atoms with Crippen LogP contribution in [0.25, 0.3) is 0 Å². The number of nitrogens with zero attached hydrogens (tertiary/aromatic N) is 2. The van der Waals surface area contributed by atoms with E-state index in [4.69, 9.17) is 21.7 Å². The van der Waals surface area contributed by atoms with Crippen molar-refractivity contribution >= 4 is 11.9 Å². The summed E-state index contributed by atoms with van der Waals surface area (Å²) in [5.74, 6) is -2.01. The molecule has 14 heteroatoms. The summed E-state index contributed by atoms with van der Waals surface area (Å²) < 4.78 is 0. The van der Waals surface area contributed by atoms with Crippen LogP contribution in [0.15, 0.2) is 40.8 Å². The SMILES string of the molecule is Cc1c[nH]c(=O)[nH]c1=O.N[C@@H](Cc1c[nH]cn1)C(=O)O.N[C@@H](Cc1c[nH]cn1)C(=O)O. The zero-order valence-corrected chi connectivity index (χ0v) is 16.5. The lowest BCUT2D eigenvalue weighted by Gasteiger charge is -2.01. The first-order valence-corrected chi connectivity index (χ1v) is 8.80. The number of imidazole rings is 2. The summed E-state index contributed by atoms with van der Waals surface area (Å²) in [6, 6.07) is -1.73. The van der Waals surface area contributed by atoms with Gasteiger partial charge >= 0.3 is 17.6 Å². The van der Waals surface area contributed by atoms with Crippen molar-refractivity contribution < 1.29 is 19.8 Å². The van der Waals surface area contributed by atoms with Gasteiger partial charge in [-0.15, -0.1) is 0 Å². The van der Waals surface area contributed by atoms with Crippen molar-refractivity contribution in [2.75, 3.05) is 0 Å². The lowest BCUT2D eigenvalue weighted by Crippen LogP contribution is -2.32. The minimum absolute atomic E-state index is 0.263. The summed E-state index contributed by atoms with van der Waals surface area (Å²) in [4.78, 5) is 58.9. The molecule has 10 N–H and O–H groups in total. The quantitative estimate of drug-likeness (QED) is 0.213. The molecule has 0 saturated heterocycles. The molecule has 3 aromatic heterocycles. The fourth-order valence-electron chi connectivity index (χ4n) is 1.91. The first-order valence-electron chi connectivity index (χ1n) is 8.80. The Morgan fingerprint density at radius 1 is 0.935 bits per heavy atom. The maximum absolute atomic E-state index is 10.6. The van der Waals surface area contributed by atoms with Gasteiger partial charge in [0.1, 0.15) is 12.1 Å². The number of nitrogens with one attached hydrogen (secondary N) is 4. The van der Waals surface area contributed by atoms with Crippen molar-refractivity contribution in [3.8, 4) is 0 Å². The number of rotatable bonds is 6. The van der Waals surface area contributed by atoms with Gasteiger partial charge < -0.3 is 36.6 Å². The number of carboxylic acid groups (broad SMARTS) is 2. The number of aromatic nitrogens is 6. The largest absolute Gasteiger partial charge is 0.480 e. The molecule has 0 fully saturated rings. The second-order valence-corrected chi connectivity index (χ2v) is 6.17. The molecule has 0 aromatic carbocycles. The molecule has 0 radical (unpaired) electrons. The minimum atomic E-state index is -1.01. The van der Waals surface area contributed by atoms with E-state index in [1.165, 1.54) is 18.9 Å². The first-order chi connectivity index (χ1) is 14.6. The summed E-state index contributed by atoms with van der Waals surface area (Å²) >= 11 is 0. The molecule has 0 aliphatic rings. The summed E-state index contributed by atoms with van der Waals surface area (Å²) in [5.41, 5.74) is 11.5. The van der Waals surface area contributed by atoms with Gasteiger partial charge in [0.15, 0.2) is 0 Å². The van der Waals surface area contributed by atoms with Crippen LogP contribution in [-0.2, 0) is 22.4 Å². The highest BCUT2D eigenvalue weighted by molar-refractivity contribution is 5.73. The molecule has 0 spiro atoms. The van der Waals surface area contributed by atoms with Crippen LogP contribution in [0.5, 0.6) is 0 Å².